The number of nitrogens with one attached hydrogen (secondary N) is 1. The Hall–Kier alpha value is -2.32. The molecule has 1 aliphatic heterocycles. The Morgan fingerprint density at radius 1 is 1.14 bits per heavy atom. The van der Waals surface area contributed by atoms with Crippen molar-refractivity contribution in [1.82, 2.24) is 19.4 Å². The van der Waals surface area contributed by atoms with Crippen LogP contribution in [-0.2, 0) is 11.3 Å². The molecule has 8 heteroatoms. The molecule has 0 saturated carbocycles. The first kappa shape index (κ1) is 20.4. The number of piperazine rings is 1. The van der Waals surface area contributed by atoms with Gasteiger partial charge in [0.25, 0.3) is 0 Å². The fraction of sp³-hybridized carbons (Fsp3) is 0.500. The van der Waals surface area contributed by atoms with Gasteiger partial charge in [-0.1, -0.05) is 13.8 Å². The minimum absolute atomic E-state index is 0.00586. The van der Waals surface area contributed by atoms with Gasteiger partial charge in [-0.15, -0.1) is 0 Å². The number of rotatable bonds is 7. The fourth-order valence-electron chi connectivity index (χ4n) is 3.41. The normalized spacial score (nSPS) is 15.9. The van der Waals surface area contributed by atoms with Crippen LogP contribution in [-0.4, -0.2) is 64.5 Å². The Bertz CT molecular complexity index is 800. The van der Waals surface area contributed by atoms with E-state index in [9.17, 15) is 13.6 Å². The monoisotopic (exact) mass is 391 g/mol. The van der Waals surface area contributed by atoms with Crippen LogP contribution >= 0.6 is 0 Å². The highest BCUT2D eigenvalue weighted by Gasteiger charge is 2.20. The number of hydrogen-bond donors (Lipinski definition) is 1. The van der Waals surface area contributed by atoms with Crippen molar-refractivity contribution in [3.8, 4) is 0 Å². The van der Waals surface area contributed by atoms with Crippen molar-refractivity contribution in [2.24, 2.45) is 0 Å². The number of aromatic nitrogens is 2. The number of carbonyl (C=O) groups excluding carboxylic acids is 1. The Kier molecular flexibility index (Phi) is 6.74. The first-order chi connectivity index (χ1) is 13.4. The van der Waals surface area contributed by atoms with Gasteiger partial charge in [-0.3, -0.25) is 14.6 Å². The van der Waals surface area contributed by atoms with Crippen molar-refractivity contribution in [3.63, 3.8) is 0 Å². The summed E-state index contributed by atoms with van der Waals surface area (Å²) in [6, 6.07) is 3.13. The molecule has 0 atom stereocenters. The molecule has 0 bridgehead atoms. The third-order valence-corrected chi connectivity index (χ3v) is 4.96. The second-order valence-electron chi connectivity index (χ2n) is 7.42. The van der Waals surface area contributed by atoms with Crippen LogP contribution in [0.5, 0.6) is 0 Å². The van der Waals surface area contributed by atoms with E-state index in [4.69, 9.17) is 0 Å². The van der Waals surface area contributed by atoms with Gasteiger partial charge in [0.15, 0.2) is 0 Å². The molecule has 0 aliphatic carbocycles. The number of imidazole rings is 1. The molecule has 2 aromatic rings. The summed E-state index contributed by atoms with van der Waals surface area (Å²) >= 11 is 0. The highest BCUT2D eigenvalue weighted by molar-refractivity contribution is 5.92. The van der Waals surface area contributed by atoms with Gasteiger partial charge < -0.3 is 9.88 Å². The molecule has 1 N–H and O–H groups in total. The number of hydrogen-bond acceptors (Lipinski definition) is 4. The number of halogens is 2. The number of anilines is 1. The zero-order valence-electron chi connectivity index (χ0n) is 16.4. The maximum absolute atomic E-state index is 13.6. The quantitative estimate of drug-likeness (QED) is 0.788. The van der Waals surface area contributed by atoms with Crippen molar-refractivity contribution in [3.05, 3.63) is 48.1 Å². The molecule has 28 heavy (non-hydrogen) atoms. The fourth-order valence-corrected chi connectivity index (χ4v) is 3.41. The van der Waals surface area contributed by atoms with E-state index in [1.807, 2.05) is 17.3 Å². The average Bonchev–Trinajstić information content (AvgIpc) is 3.12. The van der Waals surface area contributed by atoms with Crippen LogP contribution in [0.15, 0.2) is 30.6 Å². The zero-order chi connectivity index (χ0) is 20.1. The first-order valence-corrected chi connectivity index (χ1v) is 9.63. The molecule has 152 valence electrons. The summed E-state index contributed by atoms with van der Waals surface area (Å²) < 4.78 is 28.8. The zero-order valence-corrected chi connectivity index (χ0v) is 16.4. The molecule has 3 rings (SSSR count). The van der Waals surface area contributed by atoms with Crippen LogP contribution in [0.3, 0.4) is 0 Å². The van der Waals surface area contributed by atoms with E-state index < -0.39 is 11.6 Å². The minimum atomic E-state index is -0.765. The first-order valence-electron chi connectivity index (χ1n) is 9.63. The van der Waals surface area contributed by atoms with Crippen LogP contribution in [0.1, 0.15) is 25.6 Å². The molecule has 1 aromatic carbocycles. The van der Waals surface area contributed by atoms with Crippen molar-refractivity contribution >= 4 is 11.6 Å². The standard InChI is InChI=1S/C20H27F2N5O/c1-15(2)20-23-5-6-27(20)12-11-25-7-9-26(10-8-25)14-19(28)24-18-4-3-16(21)13-17(18)22/h3-6,13,15H,7-12,14H2,1-2H3,(H,24,28). The van der Waals surface area contributed by atoms with E-state index in [0.717, 1.165) is 57.2 Å². The Labute approximate surface area is 164 Å². The van der Waals surface area contributed by atoms with Gasteiger partial charge in [0.1, 0.15) is 17.5 Å². The number of benzene rings is 1. The van der Waals surface area contributed by atoms with Gasteiger partial charge in [-0.2, -0.15) is 0 Å². The molecule has 1 aromatic heterocycles. The molecule has 0 radical (unpaired) electrons. The predicted molar refractivity (Wildman–Crippen MR) is 104 cm³/mol. The molecule has 0 spiro atoms. The highest BCUT2D eigenvalue weighted by atomic mass is 19.1. The van der Waals surface area contributed by atoms with E-state index in [1.54, 1.807) is 0 Å². The van der Waals surface area contributed by atoms with E-state index in [-0.39, 0.29) is 18.1 Å². The lowest BCUT2D eigenvalue weighted by atomic mass is 10.2. The summed E-state index contributed by atoms with van der Waals surface area (Å²) in [6.45, 7) is 9.63. The van der Waals surface area contributed by atoms with Gasteiger partial charge in [-0.25, -0.2) is 13.8 Å². The lowest BCUT2D eigenvalue weighted by molar-refractivity contribution is -0.117. The smallest absolute Gasteiger partial charge is 0.238 e. The predicted octanol–water partition coefficient (Wildman–Crippen LogP) is 2.54. The van der Waals surface area contributed by atoms with Crippen molar-refractivity contribution in [2.75, 3.05) is 44.6 Å². The van der Waals surface area contributed by atoms with Gasteiger partial charge in [0.2, 0.25) is 5.91 Å². The largest absolute Gasteiger partial charge is 0.333 e. The van der Waals surface area contributed by atoms with Crippen molar-refractivity contribution in [2.45, 2.75) is 26.3 Å². The second kappa shape index (κ2) is 9.25. The third-order valence-electron chi connectivity index (χ3n) is 4.96. The third kappa shape index (κ3) is 5.36. The summed E-state index contributed by atoms with van der Waals surface area (Å²) in [6.07, 6.45) is 3.86. The average molecular weight is 391 g/mol. The molecule has 2 heterocycles. The summed E-state index contributed by atoms with van der Waals surface area (Å²) in [5, 5.41) is 2.51. The van der Waals surface area contributed by atoms with Gasteiger partial charge in [-0.05, 0) is 12.1 Å². The number of nitrogens with zero attached hydrogens (tertiary/aromatic N) is 4. The Balaban J connectivity index is 1.41. The van der Waals surface area contributed by atoms with E-state index in [0.29, 0.717) is 5.92 Å². The maximum Gasteiger partial charge on any atom is 0.238 e. The van der Waals surface area contributed by atoms with Crippen LogP contribution in [0.25, 0.3) is 0 Å². The molecular formula is C20H27F2N5O. The summed E-state index contributed by atoms with van der Waals surface area (Å²) in [5.41, 5.74) is 0.00586. The summed E-state index contributed by atoms with van der Waals surface area (Å²) in [4.78, 5) is 21.0. The van der Waals surface area contributed by atoms with Crippen molar-refractivity contribution in [1.29, 1.82) is 0 Å². The Morgan fingerprint density at radius 2 is 1.86 bits per heavy atom. The lowest BCUT2D eigenvalue weighted by Gasteiger charge is -2.34. The molecule has 6 nitrogen and oxygen atoms in total. The van der Waals surface area contributed by atoms with Gasteiger partial charge in [0, 0.05) is 63.6 Å². The molecule has 1 aliphatic rings. The van der Waals surface area contributed by atoms with E-state index in [1.165, 1.54) is 6.07 Å². The van der Waals surface area contributed by atoms with Gasteiger partial charge in [0.05, 0.1) is 12.2 Å². The molecule has 1 saturated heterocycles. The summed E-state index contributed by atoms with van der Waals surface area (Å²) in [7, 11) is 0. The van der Waals surface area contributed by atoms with Crippen molar-refractivity contribution < 1.29 is 13.6 Å². The molecule has 0 unspecified atom stereocenters. The number of carbonyl (C=O) groups is 1. The molecule has 1 amide bonds. The highest BCUT2D eigenvalue weighted by Crippen LogP contribution is 2.15. The van der Waals surface area contributed by atoms with Crippen LogP contribution in [0, 0.1) is 11.6 Å². The lowest BCUT2D eigenvalue weighted by Crippen LogP contribution is -2.49. The number of amides is 1. The molecular weight excluding hydrogens is 364 g/mol. The van der Waals surface area contributed by atoms with E-state index in [2.05, 4.69) is 33.6 Å². The summed E-state index contributed by atoms with van der Waals surface area (Å²) in [5.74, 6) is -0.222. The van der Waals surface area contributed by atoms with Gasteiger partial charge >= 0.3 is 0 Å². The van der Waals surface area contributed by atoms with E-state index >= 15 is 0 Å². The Morgan fingerprint density at radius 3 is 2.54 bits per heavy atom. The van der Waals surface area contributed by atoms with Crippen LogP contribution in [0.2, 0.25) is 0 Å². The molecule has 1 fully saturated rings. The minimum Gasteiger partial charge on any atom is -0.333 e. The maximum atomic E-state index is 13.6. The van der Waals surface area contributed by atoms with Crippen LogP contribution in [0.4, 0.5) is 14.5 Å². The second-order valence-corrected chi connectivity index (χ2v) is 7.42. The SMILES string of the molecule is CC(C)c1nccn1CCN1CCN(CC(=O)Nc2ccc(F)cc2F)CC1. The topological polar surface area (TPSA) is 53.4 Å². The van der Waals surface area contributed by atoms with Crippen LogP contribution < -0.4 is 5.32 Å².